The number of hydrogen-bond acceptors (Lipinski definition) is 2. The molecule has 0 aromatic rings. The Balaban J connectivity index is 2.80. The summed E-state index contributed by atoms with van der Waals surface area (Å²) in [5.74, 6) is 0.0198. The first kappa shape index (κ1) is 11.0. The van der Waals surface area contributed by atoms with Crippen LogP contribution in [-0.2, 0) is 9.59 Å². The lowest BCUT2D eigenvalue weighted by atomic mass is 10.0. The second-order valence-electron chi connectivity index (χ2n) is 3.66. The predicted octanol–water partition coefficient (Wildman–Crippen LogP) is 0.522. The normalized spacial score (nSPS) is 27.8. The van der Waals surface area contributed by atoms with Crippen molar-refractivity contribution in [3.63, 3.8) is 0 Å². The van der Waals surface area contributed by atoms with Gasteiger partial charge < -0.3 is 10.2 Å². The molecule has 1 heterocycles. The fourth-order valence-corrected chi connectivity index (χ4v) is 1.85. The van der Waals surface area contributed by atoms with E-state index in [-0.39, 0.29) is 23.9 Å². The number of piperazine rings is 1. The lowest BCUT2D eigenvalue weighted by molar-refractivity contribution is -0.148. The minimum atomic E-state index is -0.365. The quantitative estimate of drug-likeness (QED) is 0.718. The Morgan fingerprint density at radius 2 is 2.00 bits per heavy atom. The van der Waals surface area contributed by atoms with Gasteiger partial charge in [-0.25, -0.2) is 0 Å². The molecule has 0 aromatic heterocycles. The van der Waals surface area contributed by atoms with Gasteiger partial charge in [0.05, 0.1) is 0 Å². The molecule has 0 spiro atoms. The van der Waals surface area contributed by atoms with Crippen LogP contribution in [0.15, 0.2) is 0 Å². The van der Waals surface area contributed by atoms with E-state index in [2.05, 4.69) is 5.32 Å². The van der Waals surface area contributed by atoms with Crippen LogP contribution in [0.2, 0.25) is 0 Å². The maximum Gasteiger partial charge on any atom is 0.245 e. The molecule has 0 aromatic carbocycles. The van der Waals surface area contributed by atoms with Gasteiger partial charge in [-0.2, -0.15) is 0 Å². The van der Waals surface area contributed by atoms with Crippen molar-refractivity contribution in [2.75, 3.05) is 6.54 Å². The summed E-state index contributed by atoms with van der Waals surface area (Å²) in [6.07, 6.45) is 1.66. The topological polar surface area (TPSA) is 49.4 Å². The summed E-state index contributed by atoms with van der Waals surface area (Å²) in [4.78, 5) is 25.0. The van der Waals surface area contributed by atoms with Gasteiger partial charge in [0.2, 0.25) is 11.8 Å². The van der Waals surface area contributed by atoms with Gasteiger partial charge in [0, 0.05) is 6.54 Å². The Morgan fingerprint density at radius 1 is 1.36 bits per heavy atom. The lowest BCUT2D eigenvalue weighted by Gasteiger charge is -2.37. The highest BCUT2D eigenvalue weighted by Gasteiger charge is 2.36. The van der Waals surface area contributed by atoms with Crippen LogP contribution in [0.3, 0.4) is 0 Å². The Labute approximate surface area is 84.7 Å². The molecule has 1 N–H and O–H groups in total. The highest BCUT2D eigenvalue weighted by atomic mass is 16.2. The number of hydrogen-bond donors (Lipinski definition) is 1. The van der Waals surface area contributed by atoms with Gasteiger partial charge in [-0.3, -0.25) is 9.59 Å². The van der Waals surface area contributed by atoms with E-state index < -0.39 is 0 Å². The van der Waals surface area contributed by atoms with E-state index in [0.29, 0.717) is 6.54 Å². The molecule has 1 aliphatic rings. The van der Waals surface area contributed by atoms with E-state index in [4.69, 9.17) is 0 Å². The Bertz CT molecular complexity index is 240. The summed E-state index contributed by atoms with van der Waals surface area (Å²) >= 11 is 0. The molecule has 1 saturated heterocycles. The van der Waals surface area contributed by atoms with Crippen molar-refractivity contribution in [2.24, 2.45) is 0 Å². The molecule has 1 aliphatic heterocycles. The van der Waals surface area contributed by atoms with E-state index in [1.807, 2.05) is 13.8 Å². The van der Waals surface area contributed by atoms with Crippen LogP contribution in [0, 0.1) is 0 Å². The van der Waals surface area contributed by atoms with Gasteiger partial charge in [-0.15, -0.1) is 0 Å². The monoisotopic (exact) mass is 198 g/mol. The van der Waals surface area contributed by atoms with Crippen molar-refractivity contribution in [1.29, 1.82) is 0 Å². The van der Waals surface area contributed by atoms with Crippen LogP contribution in [0.5, 0.6) is 0 Å². The minimum Gasteiger partial charge on any atom is -0.343 e. The molecule has 4 nitrogen and oxygen atoms in total. The third-order valence-electron chi connectivity index (χ3n) is 2.59. The first-order valence-electron chi connectivity index (χ1n) is 5.22. The molecule has 14 heavy (non-hydrogen) atoms. The zero-order valence-electron chi connectivity index (χ0n) is 9.04. The molecule has 2 atom stereocenters. The number of nitrogens with one attached hydrogen (secondary N) is 1. The lowest BCUT2D eigenvalue weighted by Crippen LogP contribution is -2.62. The van der Waals surface area contributed by atoms with Gasteiger partial charge >= 0.3 is 0 Å². The number of likely N-dealkylation sites (N-methyl/N-ethyl adjacent to an activating group) is 1. The number of nitrogens with zero attached hydrogens (tertiary/aromatic N) is 1. The summed E-state index contributed by atoms with van der Waals surface area (Å²) in [5, 5.41) is 2.70. The smallest absolute Gasteiger partial charge is 0.245 e. The second kappa shape index (κ2) is 4.44. The van der Waals surface area contributed by atoms with Gasteiger partial charge in [-0.1, -0.05) is 13.3 Å². The minimum absolute atomic E-state index is 0.0131. The van der Waals surface area contributed by atoms with Gasteiger partial charge in [0.1, 0.15) is 12.1 Å². The molecule has 1 fully saturated rings. The molecule has 0 aliphatic carbocycles. The largest absolute Gasteiger partial charge is 0.343 e. The molecule has 0 bridgehead atoms. The van der Waals surface area contributed by atoms with E-state index >= 15 is 0 Å². The Morgan fingerprint density at radius 3 is 2.50 bits per heavy atom. The van der Waals surface area contributed by atoms with E-state index in [0.717, 1.165) is 12.8 Å². The summed E-state index contributed by atoms with van der Waals surface area (Å²) in [7, 11) is 0. The van der Waals surface area contributed by atoms with Gasteiger partial charge in [0.15, 0.2) is 0 Å². The maximum atomic E-state index is 11.7. The highest BCUT2D eigenvalue weighted by Crippen LogP contribution is 2.13. The maximum absolute atomic E-state index is 11.7. The van der Waals surface area contributed by atoms with Crippen molar-refractivity contribution in [1.82, 2.24) is 10.2 Å². The highest BCUT2D eigenvalue weighted by molar-refractivity contribution is 5.96. The van der Waals surface area contributed by atoms with Crippen LogP contribution in [0.4, 0.5) is 0 Å². The molecular formula is C10H18N2O2. The van der Waals surface area contributed by atoms with Crippen LogP contribution in [0.1, 0.15) is 33.6 Å². The van der Waals surface area contributed by atoms with E-state index in [9.17, 15) is 9.59 Å². The van der Waals surface area contributed by atoms with E-state index in [1.165, 1.54) is 0 Å². The molecule has 80 valence electrons. The average molecular weight is 198 g/mol. The summed E-state index contributed by atoms with van der Waals surface area (Å²) in [6.45, 7) is 6.27. The Kier molecular flexibility index (Phi) is 3.49. The summed E-state index contributed by atoms with van der Waals surface area (Å²) in [6, 6.07) is -0.621. The number of carbonyl (C=O) groups excluding carboxylic acids is 2. The Hall–Kier alpha value is -1.06. The fraction of sp³-hybridized carbons (Fsp3) is 0.800. The number of carbonyl (C=O) groups is 2. The predicted molar refractivity (Wildman–Crippen MR) is 53.7 cm³/mol. The van der Waals surface area contributed by atoms with Crippen molar-refractivity contribution in [3.05, 3.63) is 0 Å². The van der Waals surface area contributed by atoms with Crippen molar-refractivity contribution < 1.29 is 9.59 Å². The molecular weight excluding hydrogens is 180 g/mol. The second-order valence-corrected chi connectivity index (χ2v) is 3.66. The molecule has 2 unspecified atom stereocenters. The van der Waals surface area contributed by atoms with Crippen molar-refractivity contribution in [3.8, 4) is 0 Å². The first-order chi connectivity index (χ1) is 6.61. The molecule has 0 radical (unpaired) electrons. The number of rotatable bonds is 3. The average Bonchev–Trinajstić information content (AvgIpc) is 2.15. The SMILES string of the molecule is CCCC1C(=O)NC(C)C(=O)N1CC. The molecule has 4 heteroatoms. The zero-order chi connectivity index (χ0) is 10.7. The van der Waals surface area contributed by atoms with Gasteiger partial charge in [-0.05, 0) is 20.3 Å². The van der Waals surface area contributed by atoms with Crippen LogP contribution in [-0.4, -0.2) is 35.3 Å². The molecule has 2 amide bonds. The van der Waals surface area contributed by atoms with Crippen LogP contribution in [0.25, 0.3) is 0 Å². The van der Waals surface area contributed by atoms with Crippen LogP contribution >= 0.6 is 0 Å². The summed E-state index contributed by atoms with van der Waals surface area (Å²) in [5.41, 5.74) is 0. The fourth-order valence-electron chi connectivity index (χ4n) is 1.85. The third-order valence-corrected chi connectivity index (χ3v) is 2.59. The van der Waals surface area contributed by atoms with Gasteiger partial charge in [0.25, 0.3) is 0 Å². The first-order valence-corrected chi connectivity index (χ1v) is 5.22. The zero-order valence-corrected chi connectivity index (χ0v) is 9.04. The van der Waals surface area contributed by atoms with E-state index in [1.54, 1.807) is 11.8 Å². The van der Waals surface area contributed by atoms with Crippen molar-refractivity contribution >= 4 is 11.8 Å². The van der Waals surface area contributed by atoms with Crippen LogP contribution < -0.4 is 5.32 Å². The standard InChI is InChI=1S/C10H18N2O2/c1-4-6-8-9(13)11-7(3)10(14)12(8)5-2/h7-8H,4-6H2,1-3H3,(H,11,13). The molecule has 0 saturated carbocycles. The summed E-state index contributed by atoms with van der Waals surface area (Å²) < 4.78 is 0. The van der Waals surface area contributed by atoms with Crippen molar-refractivity contribution in [2.45, 2.75) is 45.7 Å². The number of amides is 2. The third kappa shape index (κ3) is 1.89. The molecule has 1 rings (SSSR count).